The Bertz CT molecular complexity index is 1040. The van der Waals surface area contributed by atoms with E-state index >= 15 is 0 Å². The van der Waals surface area contributed by atoms with Gasteiger partial charge in [-0.25, -0.2) is 4.39 Å². The first-order valence-electron chi connectivity index (χ1n) is 10.1. The van der Waals surface area contributed by atoms with Crippen molar-refractivity contribution >= 4 is 5.91 Å². The maximum Gasteiger partial charge on any atom is 0.226 e. The van der Waals surface area contributed by atoms with Gasteiger partial charge in [-0.3, -0.25) is 4.79 Å². The molecule has 1 amide bonds. The summed E-state index contributed by atoms with van der Waals surface area (Å²) in [5.74, 6) is 0.579. The quantitative estimate of drug-likeness (QED) is 0.537. The van der Waals surface area contributed by atoms with Crippen LogP contribution in [0, 0.1) is 19.7 Å². The predicted octanol–water partition coefficient (Wildman–Crippen LogP) is 5.22. The van der Waals surface area contributed by atoms with E-state index in [-0.39, 0.29) is 17.8 Å². The summed E-state index contributed by atoms with van der Waals surface area (Å²) in [4.78, 5) is 14.3. The minimum absolute atomic E-state index is 0.0600. The molecule has 0 unspecified atom stereocenters. The van der Waals surface area contributed by atoms with Crippen molar-refractivity contribution in [2.75, 3.05) is 7.05 Å². The Kier molecular flexibility index (Phi) is 6.55. The van der Waals surface area contributed by atoms with Crippen LogP contribution in [0.2, 0.25) is 0 Å². The summed E-state index contributed by atoms with van der Waals surface area (Å²) in [6, 6.07) is 14.0. The molecule has 0 N–H and O–H groups in total. The van der Waals surface area contributed by atoms with Gasteiger partial charge in [0.25, 0.3) is 0 Å². The average molecular weight is 410 g/mol. The SMILES string of the molecule is Cc1ccccc1-n1nc(C)c(CCC(=O)N(C)C(C)C)c1Oc1cccc(F)c1. The molecule has 0 fully saturated rings. The number of carbonyl (C=O) groups excluding carboxylic acids is 1. The molecule has 1 heterocycles. The van der Waals surface area contributed by atoms with Crippen LogP contribution in [0.5, 0.6) is 11.6 Å². The van der Waals surface area contributed by atoms with E-state index in [0.717, 1.165) is 22.5 Å². The summed E-state index contributed by atoms with van der Waals surface area (Å²) < 4.78 is 21.6. The van der Waals surface area contributed by atoms with E-state index in [4.69, 9.17) is 9.84 Å². The number of aromatic nitrogens is 2. The maximum absolute atomic E-state index is 13.7. The number of hydrogen-bond acceptors (Lipinski definition) is 3. The highest BCUT2D eigenvalue weighted by atomic mass is 19.1. The second-order valence-electron chi connectivity index (χ2n) is 7.73. The van der Waals surface area contributed by atoms with Crippen LogP contribution in [0.3, 0.4) is 0 Å². The molecule has 0 aliphatic rings. The number of hydrogen-bond donors (Lipinski definition) is 0. The van der Waals surface area contributed by atoms with Gasteiger partial charge in [-0.2, -0.15) is 9.78 Å². The molecule has 3 aromatic rings. The summed E-state index contributed by atoms with van der Waals surface area (Å²) in [5, 5.41) is 4.69. The number of halogens is 1. The standard InChI is InChI=1S/C24H28FN3O2/c1-16(2)27(5)23(29)14-13-21-18(4)26-28(22-12-7-6-9-17(22)3)24(21)30-20-11-8-10-19(25)15-20/h6-12,15-16H,13-14H2,1-5H3. The molecule has 0 bridgehead atoms. The fourth-order valence-corrected chi connectivity index (χ4v) is 3.23. The number of nitrogens with zero attached hydrogens (tertiary/aromatic N) is 3. The molecule has 5 nitrogen and oxygen atoms in total. The van der Waals surface area contributed by atoms with E-state index in [1.807, 2.05) is 52.0 Å². The van der Waals surface area contributed by atoms with E-state index in [9.17, 15) is 9.18 Å². The van der Waals surface area contributed by atoms with Crippen LogP contribution in [0.1, 0.15) is 37.1 Å². The molecule has 0 radical (unpaired) electrons. The number of rotatable bonds is 7. The molecule has 158 valence electrons. The third-order valence-electron chi connectivity index (χ3n) is 5.25. The molecule has 0 aliphatic carbocycles. The molecule has 0 saturated heterocycles. The molecule has 6 heteroatoms. The van der Waals surface area contributed by atoms with Crippen LogP contribution in [0.4, 0.5) is 4.39 Å². The fourth-order valence-electron chi connectivity index (χ4n) is 3.23. The van der Waals surface area contributed by atoms with Gasteiger partial charge in [0, 0.05) is 31.1 Å². The van der Waals surface area contributed by atoms with Crippen LogP contribution >= 0.6 is 0 Å². The van der Waals surface area contributed by atoms with Crippen LogP contribution in [0.25, 0.3) is 5.69 Å². The van der Waals surface area contributed by atoms with Gasteiger partial charge in [0.15, 0.2) is 0 Å². The van der Waals surface area contributed by atoms with Gasteiger partial charge in [0.05, 0.1) is 11.4 Å². The molecular formula is C24H28FN3O2. The van der Waals surface area contributed by atoms with Gasteiger partial charge in [0.2, 0.25) is 11.8 Å². The first-order valence-corrected chi connectivity index (χ1v) is 10.1. The van der Waals surface area contributed by atoms with Gasteiger partial charge in [-0.15, -0.1) is 0 Å². The van der Waals surface area contributed by atoms with Crippen molar-refractivity contribution in [2.45, 2.75) is 46.6 Å². The monoisotopic (exact) mass is 409 g/mol. The zero-order valence-electron chi connectivity index (χ0n) is 18.1. The van der Waals surface area contributed by atoms with E-state index in [2.05, 4.69) is 0 Å². The molecular weight excluding hydrogens is 381 g/mol. The largest absolute Gasteiger partial charge is 0.439 e. The first kappa shape index (κ1) is 21.6. The normalized spacial score (nSPS) is 11.0. The number of ether oxygens (including phenoxy) is 1. The molecule has 30 heavy (non-hydrogen) atoms. The van der Waals surface area contributed by atoms with Crippen LogP contribution < -0.4 is 4.74 Å². The molecule has 0 spiro atoms. The molecule has 2 aromatic carbocycles. The average Bonchev–Trinajstić information content (AvgIpc) is 3.00. The maximum atomic E-state index is 13.7. The van der Waals surface area contributed by atoms with E-state index < -0.39 is 0 Å². The van der Waals surface area contributed by atoms with Gasteiger partial charge in [-0.05, 0) is 57.9 Å². The second-order valence-corrected chi connectivity index (χ2v) is 7.73. The van der Waals surface area contributed by atoms with E-state index in [1.54, 1.807) is 28.8 Å². The van der Waals surface area contributed by atoms with Crippen molar-refractivity contribution in [1.82, 2.24) is 14.7 Å². The lowest BCUT2D eigenvalue weighted by Crippen LogP contribution is -2.33. The zero-order valence-corrected chi connectivity index (χ0v) is 18.1. The number of para-hydroxylation sites is 1. The topological polar surface area (TPSA) is 47.4 Å². The third-order valence-corrected chi connectivity index (χ3v) is 5.25. The molecule has 0 aliphatic heterocycles. The Morgan fingerprint density at radius 2 is 1.90 bits per heavy atom. The highest BCUT2D eigenvalue weighted by Gasteiger charge is 2.22. The van der Waals surface area contributed by atoms with Crippen molar-refractivity contribution < 1.29 is 13.9 Å². The summed E-state index contributed by atoms with van der Waals surface area (Å²) in [6.07, 6.45) is 0.826. The zero-order chi connectivity index (χ0) is 21.8. The highest BCUT2D eigenvalue weighted by molar-refractivity contribution is 5.76. The van der Waals surface area contributed by atoms with Crippen molar-refractivity contribution in [2.24, 2.45) is 0 Å². The Hall–Kier alpha value is -3.15. The first-order chi connectivity index (χ1) is 14.3. The number of carbonyl (C=O) groups is 1. The third kappa shape index (κ3) is 4.70. The van der Waals surface area contributed by atoms with E-state index in [0.29, 0.717) is 24.5 Å². The Morgan fingerprint density at radius 1 is 1.17 bits per heavy atom. The Labute approximate surface area is 177 Å². The highest BCUT2D eigenvalue weighted by Crippen LogP contribution is 2.32. The minimum Gasteiger partial charge on any atom is -0.439 e. The lowest BCUT2D eigenvalue weighted by molar-refractivity contribution is -0.131. The second kappa shape index (κ2) is 9.11. The lowest BCUT2D eigenvalue weighted by Gasteiger charge is -2.21. The Balaban J connectivity index is 2.01. The van der Waals surface area contributed by atoms with Crippen molar-refractivity contribution in [3.8, 4) is 17.3 Å². The summed E-state index contributed by atoms with van der Waals surface area (Å²) in [6.45, 7) is 7.87. The molecule has 1 aromatic heterocycles. The summed E-state index contributed by atoms with van der Waals surface area (Å²) in [5.41, 5.74) is 3.54. The van der Waals surface area contributed by atoms with Gasteiger partial charge in [-0.1, -0.05) is 24.3 Å². The number of amides is 1. The lowest BCUT2D eigenvalue weighted by atomic mass is 10.1. The van der Waals surface area contributed by atoms with Gasteiger partial charge < -0.3 is 9.64 Å². The van der Waals surface area contributed by atoms with Crippen molar-refractivity contribution in [3.63, 3.8) is 0 Å². The van der Waals surface area contributed by atoms with Crippen LogP contribution in [-0.2, 0) is 11.2 Å². The van der Waals surface area contributed by atoms with Crippen LogP contribution in [-0.4, -0.2) is 33.7 Å². The summed E-state index contributed by atoms with van der Waals surface area (Å²) >= 11 is 0. The number of benzene rings is 2. The van der Waals surface area contributed by atoms with E-state index in [1.165, 1.54) is 12.1 Å². The fraction of sp³-hybridized carbons (Fsp3) is 0.333. The summed E-state index contributed by atoms with van der Waals surface area (Å²) in [7, 11) is 1.81. The van der Waals surface area contributed by atoms with Gasteiger partial charge in [0.1, 0.15) is 11.6 Å². The predicted molar refractivity (Wildman–Crippen MR) is 116 cm³/mol. The van der Waals surface area contributed by atoms with Crippen LogP contribution in [0.15, 0.2) is 48.5 Å². The van der Waals surface area contributed by atoms with Gasteiger partial charge >= 0.3 is 0 Å². The molecule has 0 saturated carbocycles. The smallest absolute Gasteiger partial charge is 0.226 e. The molecule has 0 atom stereocenters. The molecule has 3 rings (SSSR count). The van der Waals surface area contributed by atoms with Crippen molar-refractivity contribution in [1.29, 1.82) is 0 Å². The number of aryl methyl sites for hydroxylation is 2. The van der Waals surface area contributed by atoms with Crippen molar-refractivity contribution in [3.05, 3.63) is 71.2 Å². The Morgan fingerprint density at radius 3 is 2.57 bits per heavy atom. The minimum atomic E-state index is -0.374.